The van der Waals surface area contributed by atoms with Gasteiger partial charge in [-0.05, 0) is 36.0 Å². The molecule has 1 saturated heterocycles. The number of thioether (sulfide) groups is 1. The summed E-state index contributed by atoms with van der Waals surface area (Å²) in [6.07, 6.45) is 5.68. The maximum absolute atomic E-state index is 12.6. The van der Waals surface area contributed by atoms with E-state index in [9.17, 15) is 4.79 Å². The number of nitrogens with zero attached hydrogens (tertiary/aromatic N) is 5. The lowest BCUT2D eigenvalue weighted by atomic mass is 10.0. The molecule has 1 aliphatic rings. The van der Waals surface area contributed by atoms with Crippen molar-refractivity contribution in [3.63, 3.8) is 0 Å². The number of hydrogen-bond donors (Lipinski definition) is 1. The van der Waals surface area contributed by atoms with Crippen molar-refractivity contribution in [2.75, 3.05) is 30.3 Å². The van der Waals surface area contributed by atoms with E-state index in [2.05, 4.69) is 46.5 Å². The number of carbonyl (C=O) groups excluding carboxylic acids is 1. The molecule has 3 heterocycles. The molecule has 0 bridgehead atoms. The maximum Gasteiger partial charge on any atom is 0.224 e. The molecule has 0 radical (unpaired) electrons. The molecule has 4 aromatic rings. The summed E-state index contributed by atoms with van der Waals surface area (Å²) in [7, 11) is 0. The Morgan fingerprint density at radius 1 is 1.00 bits per heavy atom. The third-order valence-corrected chi connectivity index (χ3v) is 7.42. The maximum atomic E-state index is 12.6. The Morgan fingerprint density at radius 2 is 1.75 bits per heavy atom. The Hall–Kier alpha value is -3.39. The molecule has 0 atom stereocenters. The summed E-state index contributed by atoms with van der Waals surface area (Å²) >= 11 is 1.69. The van der Waals surface area contributed by atoms with Crippen molar-refractivity contribution < 1.29 is 4.79 Å². The van der Waals surface area contributed by atoms with Gasteiger partial charge in [-0.25, -0.2) is 14.6 Å². The normalized spacial score (nSPS) is 13.4. The van der Waals surface area contributed by atoms with E-state index < -0.39 is 0 Å². The molecule has 2 aromatic carbocycles. The molecule has 186 valence electrons. The van der Waals surface area contributed by atoms with Crippen LogP contribution in [0.1, 0.15) is 31.7 Å². The quantitative estimate of drug-likeness (QED) is 0.245. The van der Waals surface area contributed by atoms with Gasteiger partial charge in [-0.3, -0.25) is 4.79 Å². The van der Waals surface area contributed by atoms with Crippen molar-refractivity contribution in [3.05, 3.63) is 66.4 Å². The lowest BCUT2D eigenvalue weighted by Crippen LogP contribution is -2.29. The van der Waals surface area contributed by atoms with E-state index in [4.69, 9.17) is 9.97 Å². The van der Waals surface area contributed by atoms with Crippen molar-refractivity contribution in [1.82, 2.24) is 25.1 Å². The number of carbonyl (C=O) groups is 1. The van der Waals surface area contributed by atoms with Crippen LogP contribution >= 0.6 is 11.8 Å². The van der Waals surface area contributed by atoms with Crippen LogP contribution in [0.25, 0.3) is 22.2 Å². The average Bonchev–Trinajstić information content (AvgIpc) is 3.59. The average molecular weight is 501 g/mol. The highest BCUT2D eigenvalue weighted by molar-refractivity contribution is 7.99. The van der Waals surface area contributed by atoms with Gasteiger partial charge in [-0.2, -0.15) is 5.10 Å². The molecule has 1 fully saturated rings. The highest BCUT2D eigenvalue weighted by Gasteiger charge is 2.20. The molecule has 5 rings (SSSR count). The van der Waals surface area contributed by atoms with E-state index in [1.54, 1.807) is 11.8 Å². The summed E-state index contributed by atoms with van der Waals surface area (Å²) in [5.74, 6) is 1.98. The molecule has 7 nitrogen and oxygen atoms in total. The predicted molar refractivity (Wildman–Crippen MR) is 146 cm³/mol. The zero-order valence-corrected chi connectivity index (χ0v) is 21.5. The predicted octanol–water partition coefficient (Wildman–Crippen LogP) is 4.95. The first-order valence-corrected chi connectivity index (χ1v) is 13.7. The molecule has 1 amide bonds. The number of aromatic nitrogens is 4. The molecule has 1 aliphatic heterocycles. The van der Waals surface area contributed by atoms with Gasteiger partial charge in [0, 0.05) is 25.4 Å². The van der Waals surface area contributed by atoms with Gasteiger partial charge >= 0.3 is 0 Å². The van der Waals surface area contributed by atoms with Crippen LogP contribution in [0.4, 0.5) is 5.82 Å². The smallest absolute Gasteiger partial charge is 0.224 e. The van der Waals surface area contributed by atoms with Crippen LogP contribution in [0.2, 0.25) is 0 Å². The Bertz CT molecular complexity index is 1300. The Morgan fingerprint density at radius 3 is 2.50 bits per heavy atom. The van der Waals surface area contributed by atoms with Gasteiger partial charge in [0.1, 0.15) is 5.82 Å². The molecular formula is C28H32N6OS. The van der Waals surface area contributed by atoms with Crippen LogP contribution in [-0.4, -0.2) is 51.0 Å². The zero-order valence-electron chi connectivity index (χ0n) is 20.7. The van der Waals surface area contributed by atoms with E-state index in [0.29, 0.717) is 19.5 Å². The first-order chi connectivity index (χ1) is 17.7. The van der Waals surface area contributed by atoms with Gasteiger partial charge < -0.3 is 10.2 Å². The van der Waals surface area contributed by atoms with Gasteiger partial charge in [-0.15, -0.1) is 0 Å². The molecule has 0 spiro atoms. The van der Waals surface area contributed by atoms with Gasteiger partial charge in [0.15, 0.2) is 10.8 Å². The lowest BCUT2D eigenvalue weighted by Gasteiger charge is -2.18. The summed E-state index contributed by atoms with van der Waals surface area (Å²) < 4.78 is 1.89. The second-order valence-corrected chi connectivity index (χ2v) is 10.1. The van der Waals surface area contributed by atoms with Crippen LogP contribution in [0.3, 0.4) is 0 Å². The molecule has 8 heteroatoms. The fourth-order valence-corrected chi connectivity index (χ4v) is 5.20. The van der Waals surface area contributed by atoms with Gasteiger partial charge in [0.05, 0.1) is 24.5 Å². The van der Waals surface area contributed by atoms with Crippen LogP contribution in [-0.2, 0) is 17.8 Å². The molecule has 2 aromatic heterocycles. The standard InChI is InChI=1S/C28H32N6OS/c1-2-18-36-28-31-26(33-15-6-7-16-33)24-20-30-34(27(24)32-28)17-14-29-25(35)19-21-10-12-23(13-11-21)22-8-4-3-5-9-22/h3-5,8-13,20H,2,6-7,14-19H2,1H3,(H,29,35). The largest absolute Gasteiger partial charge is 0.356 e. The van der Waals surface area contributed by atoms with Gasteiger partial charge in [0.25, 0.3) is 0 Å². The number of hydrogen-bond acceptors (Lipinski definition) is 6. The monoisotopic (exact) mass is 500 g/mol. The van der Waals surface area contributed by atoms with E-state index in [0.717, 1.165) is 58.4 Å². The summed E-state index contributed by atoms with van der Waals surface area (Å²) in [6.45, 7) is 5.28. The van der Waals surface area contributed by atoms with Crippen molar-refractivity contribution in [3.8, 4) is 11.1 Å². The highest BCUT2D eigenvalue weighted by atomic mass is 32.2. The summed E-state index contributed by atoms with van der Waals surface area (Å²) in [5, 5.41) is 9.43. The minimum absolute atomic E-state index is 0.00509. The second-order valence-electron chi connectivity index (χ2n) is 9.07. The third-order valence-electron chi connectivity index (χ3n) is 6.37. The zero-order chi connectivity index (χ0) is 24.7. The Labute approximate surface area is 216 Å². The van der Waals surface area contributed by atoms with E-state index in [-0.39, 0.29) is 5.91 Å². The molecule has 1 N–H and O–H groups in total. The minimum Gasteiger partial charge on any atom is -0.356 e. The van der Waals surface area contributed by atoms with Crippen LogP contribution in [0.5, 0.6) is 0 Å². The summed E-state index contributed by atoms with van der Waals surface area (Å²) in [6, 6.07) is 18.4. The number of anilines is 1. The third kappa shape index (κ3) is 5.70. The first-order valence-electron chi connectivity index (χ1n) is 12.7. The molecule has 0 unspecified atom stereocenters. The van der Waals surface area contributed by atoms with Gasteiger partial charge in [0.2, 0.25) is 5.91 Å². The number of benzene rings is 2. The van der Waals surface area contributed by atoms with Gasteiger partial charge in [-0.1, -0.05) is 73.3 Å². The van der Waals surface area contributed by atoms with E-state index >= 15 is 0 Å². The fourth-order valence-electron chi connectivity index (χ4n) is 4.51. The minimum atomic E-state index is 0.00509. The Balaban J connectivity index is 1.21. The van der Waals surface area contributed by atoms with Crippen LogP contribution < -0.4 is 10.2 Å². The van der Waals surface area contributed by atoms with Crippen LogP contribution in [0, 0.1) is 0 Å². The van der Waals surface area contributed by atoms with E-state index in [1.165, 1.54) is 18.4 Å². The van der Waals surface area contributed by atoms with E-state index in [1.807, 2.05) is 41.2 Å². The second kappa shape index (κ2) is 11.6. The summed E-state index contributed by atoms with van der Waals surface area (Å²) in [5.41, 5.74) is 4.17. The van der Waals surface area contributed by atoms with Crippen molar-refractivity contribution >= 4 is 34.5 Å². The topological polar surface area (TPSA) is 75.9 Å². The van der Waals surface area contributed by atoms with Crippen molar-refractivity contribution in [2.24, 2.45) is 0 Å². The highest BCUT2D eigenvalue weighted by Crippen LogP contribution is 2.29. The summed E-state index contributed by atoms with van der Waals surface area (Å²) in [4.78, 5) is 24.6. The molecular weight excluding hydrogens is 468 g/mol. The van der Waals surface area contributed by atoms with Crippen molar-refractivity contribution in [2.45, 2.75) is 44.3 Å². The molecule has 0 aliphatic carbocycles. The number of amides is 1. The van der Waals surface area contributed by atoms with Crippen LogP contribution in [0.15, 0.2) is 66.0 Å². The number of nitrogens with one attached hydrogen (secondary N) is 1. The lowest BCUT2D eigenvalue weighted by molar-refractivity contribution is -0.120. The first kappa shape index (κ1) is 24.3. The van der Waals surface area contributed by atoms with Crippen molar-refractivity contribution in [1.29, 1.82) is 0 Å². The Kier molecular flexibility index (Phi) is 7.81. The fraction of sp³-hybridized carbons (Fsp3) is 0.357. The number of fused-ring (bicyclic) bond motifs is 1. The SMILES string of the molecule is CCCSc1nc(N2CCCC2)c2cnn(CCNC(=O)Cc3ccc(-c4ccccc4)cc3)c2n1. The molecule has 36 heavy (non-hydrogen) atoms. The molecule has 0 saturated carbocycles. The number of rotatable bonds is 10.